The standard InChI is InChI=1S/C9H13N3/c1-3-7-5-12-9(11)4-8(7)6(2)10/h3-6H,1,10H2,2H3,(H2,11,12)/t6-/m0/s1. The van der Waals surface area contributed by atoms with Gasteiger partial charge >= 0.3 is 0 Å². The fraction of sp³-hybridized carbons (Fsp3) is 0.222. The first-order valence-electron chi connectivity index (χ1n) is 3.78. The lowest BCUT2D eigenvalue weighted by Crippen LogP contribution is -2.08. The number of hydrogen-bond donors (Lipinski definition) is 2. The third-order valence-corrected chi connectivity index (χ3v) is 1.70. The molecule has 0 amide bonds. The van der Waals surface area contributed by atoms with Crippen molar-refractivity contribution in [1.29, 1.82) is 0 Å². The first-order valence-corrected chi connectivity index (χ1v) is 3.78. The van der Waals surface area contributed by atoms with Gasteiger partial charge in [0, 0.05) is 12.2 Å². The minimum Gasteiger partial charge on any atom is -0.384 e. The van der Waals surface area contributed by atoms with E-state index in [9.17, 15) is 0 Å². The van der Waals surface area contributed by atoms with E-state index < -0.39 is 0 Å². The maximum absolute atomic E-state index is 5.73. The SMILES string of the molecule is C=Cc1cnc(N)cc1[C@H](C)N. The zero-order chi connectivity index (χ0) is 9.14. The molecule has 12 heavy (non-hydrogen) atoms. The molecular formula is C9H13N3. The zero-order valence-electron chi connectivity index (χ0n) is 7.12. The van der Waals surface area contributed by atoms with Crippen molar-refractivity contribution >= 4 is 11.9 Å². The molecule has 1 rings (SSSR count). The van der Waals surface area contributed by atoms with Gasteiger partial charge in [-0.3, -0.25) is 0 Å². The number of hydrogen-bond acceptors (Lipinski definition) is 3. The summed E-state index contributed by atoms with van der Waals surface area (Å²) in [5.41, 5.74) is 13.2. The van der Waals surface area contributed by atoms with Crippen molar-refractivity contribution < 1.29 is 0 Å². The molecule has 3 nitrogen and oxygen atoms in total. The average molecular weight is 163 g/mol. The average Bonchev–Trinajstić information content (AvgIpc) is 2.04. The van der Waals surface area contributed by atoms with Crippen LogP contribution in [0.2, 0.25) is 0 Å². The number of aromatic nitrogens is 1. The van der Waals surface area contributed by atoms with E-state index in [2.05, 4.69) is 11.6 Å². The normalized spacial score (nSPS) is 12.5. The first kappa shape index (κ1) is 8.74. The molecule has 1 aromatic heterocycles. The summed E-state index contributed by atoms with van der Waals surface area (Å²) < 4.78 is 0. The predicted molar refractivity (Wildman–Crippen MR) is 51.3 cm³/mol. The highest BCUT2D eigenvalue weighted by molar-refractivity contribution is 5.54. The van der Waals surface area contributed by atoms with Gasteiger partial charge in [-0.15, -0.1) is 0 Å². The van der Waals surface area contributed by atoms with E-state index in [0.29, 0.717) is 5.82 Å². The molecule has 0 unspecified atom stereocenters. The topological polar surface area (TPSA) is 64.9 Å². The summed E-state index contributed by atoms with van der Waals surface area (Å²) in [6.07, 6.45) is 3.41. The Morgan fingerprint density at radius 1 is 1.67 bits per heavy atom. The van der Waals surface area contributed by atoms with Crippen LogP contribution in [-0.2, 0) is 0 Å². The zero-order valence-corrected chi connectivity index (χ0v) is 7.12. The summed E-state index contributed by atoms with van der Waals surface area (Å²) in [6, 6.07) is 1.74. The van der Waals surface area contributed by atoms with Gasteiger partial charge in [0.1, 0.15) is 5.82 Å². The third-order valence-electron chi connectivity index (χ3n) is 1.70. The van der Waals surface area contributed by atoms with Gasteiger partial charge < -0.3 is 11.5 Å². The van der Waals surface area contributed by atoms with Crippen LogP contribution in [0, 0.1) is 0 Å². The Balaban J connectivity index is 3.21. The van der Waals surface area contributed by atoms with E-state index in [4.69, 9.17) is 11.5 Å². The highest BCUT2D eigenvalue weighted by atomic mass is 14.8. The van der Waals surface area contributed by atoms with Gasteiger partial charge in [-0.05, 0) is 24.1 Å². The van der Waals surface area contributed by atoms with Crippen LogP contribution in [0.1, 0.15) is 24.1 Å². The Labute approximate surface area is 72.1 Å². The molecule has 0 aliphatic rings. The van der Waals surface area contributed by atoms with Crippen molar-refractivity contribution in [2.75, 3.05) is 5.73 Å². The highest BCUT2D eigenvalue weighted by Crippen LogP contribution is 2.17. The fourth-order valence-electron chi connectivity index (χ4n) is 1.06. The van der Waals surface area contributed by atoms with E-state index in [0.717, 1.165) is 11.1 Å². The highest BCUT2D eigenvalue weighted by Gasteiger charge is 2.04. The second kappa shape index (κ2) is 3.36. The number of nitrogen functional groups attached to an aromatic ring is 1. The van der Waals surface area contributed by atoms with E-state index in [-0.39, 0.29) is 6.04 Å². The number of nitrogens with two attached hydrogens (primary N) is 2. The lowest BCUT2D eigenvalue weighted by atomic mass is 10.0. The number of nitrogens with zero attached hydrogens (tertiary/aromatic N) is 1. The van der Waals surface area contributed by atoms with Crippen LogP contribution in [0.4, 0.5) is 5.82 Å². The van der Waals surface area contributed by atoms with E-state index in [1.165, 1.54) is 0 Å². The molecule has 0 aromatic carbocycles. The number of pyridine rings is 1. The maximum atomic E-state index is 5.73. The first-order chi connectivity index (χ1) is 5.65. The molecule has 0 bridgehead atoms. The fourth-order valence-corrected chi connectivity index (χ4v) is 1.06. The number of anilines is 1. The summed E-state index contributed by atoms with van der Waals surface area (Å²) in [6.45, 7) is 5.57. The summed E-state index contributed by atoms with van der Waals surface area (Å²) in [5.74, 6) is 0.493. The van der Waals surface area contributed by atoms with Crippen molar-refractivity contribution in [3.05, 3.63) is 30.0 Å². The van der Waals surface area contributed by atoms with Gasteiger partial charge in [-0.25, -0.2) is 4.98 Å². The lowest BCUT2D eigenvalue weighted by Gasteiger charge is -2.09. The molecule has 0 aliphatic heterocycles. The van der Waals surface area contributed by atoms with Gasteiger partial charge in [0.2, 0.25) is 0 Å². The Morgan fingerprint density at radius 3 is 2.83 bits per heavy atom. The van der Waals surface area contributed by atoms with Crippen molar-refractivity contribution in [2.24, 2.45) is 5.73 Å². The molecule has 0 saturated heterocycles. The van der Waals surface area contributed by atoms with Crippen LogP contribution in [0.15, 0.2) is 18.8 Å². The molecule has 1 atom stereocenters. The lowest BCUT2D eigenvalue weighted by molar-refractivity contribution is 0.814. The molecule has 64 valence electrons. The van der Waals surface area contributed by atoms with Gasteiger partial charge in [0.05, 0.1) is 0 Å². The number of rotatable bonds is 2. The van der Waals surface area contributed by atoms with E-state index >= 15 is 0 Å². The molecule has 0 radical (unpaired) electrons. The Bertz CT molecular complexity index is 292. The molecule has 0 spiro atoms. The van der Waals surface area contributed by atoms with Crippen molar-refractivity contribution in [1.82, 2.24) is 4.98 Å². The maximum Gasteiger partial charge on any atom is 0.123 e. The van der Waals surface area contributed by atoms with Crippen LogP contribution >= 0.6 is 0 Å². The molecule has 1 aromatic rings. The Hall–Kier alpha value is -1.35. The van der Waals surface area contributed by atoms with Crippen LogP contribution in [0.25, 0.3) is 6.08 Å². The summed E-state index contributed by atoms with van der Waals surface area (Å²) in [7, 11) is 0. The molecule has 4 N–H and O–H groups in total. The molecular weight excluding hydrogens is 150 g/mol. The summed E-state index contributed by atoms with van der Waals surface area (Å²) in [4.78, 5) is 3.94. The van der Waals surface area contributed by atoms with Crippen LogP contribution < -0.4 is 11.5 Å². The summed E-state index contributed by atoms with van der Waals surface area (Å²) >= 11 is 0. The molecule has 0 saturated carbocycles. The van der Waals surface area contributed by atoms with Gasteiger partial charge in [-0.2, -0.15) is 0 Å². The third kappa shape index (κ3) is 1.62. The van der Waals surface area contributed by atoms with Crippen molar-refractivity contribution in [2.45, 2.75) is 13.0 Å². The van der Waals surface area contributed by atoms with Crippen molar-refractivity contribution in [3.8, 4) is 0 Å². The van der Waals surface area contributed by atoms with Crippen molar-refractivity contribution in [3.63, 3.8) is 0 Å². The smallest absolute Gasteiger partial charge is 0.123 e. The molecule has 3 heteroatoms. The largest absolute Gasteiger partial charge is 0.384 e. The molecule has 1 heterocycles. The minimum absolute atomic E-state index is 0.0386. The Kier molecular flexibility index (Phi) is 2.45. The van der Waals surface area contributed by atoms with Crippen LogP contribution in [-0.4, -0.2) is 4.98 Å². The monoisotopic (exact) mass is 163 g/mol. The molecule has 0 aliphatic carbocycles. The quantitative estimate of drug-likeness (QED) is 0.691. The van der Waals surface area contributed by atoms with Gasteiger partial charge in [0.25, 0.3) is 0 Å². The minimum atomic E-state index is -0.0386. The molecule has 0 fully saturated rings. The van der Waals surface area contributed by atoms with Gasteiger partial charge in [-0.1, -0.05) is 12.7 Å². The summed E-state index contributed by atoms with van der Waals surface area (Å²) in [5, 5.41) is 0. The second-order valence-corrected chi connectivity index (χ2v) is 2.73. The van der Waals surface area contributed by atoms with E-state index in [1.54, 1.807) is 18.3 Å². The van der Waals surface area contributed by atoms with Crippen LogP contribution in [0.3, 0.4) is 0 Å². The van der Waals surface area contributed by atoms with Crippen LogP contribution in [0.5, 0.6) is 0 Å². The van der Waals surface area contributed by atoms with Gasteiger partial charge in [0.15, 0.2) is 0 Å². The predicted octanol–water partition coefficient (Wildman–Crippen LogP) is 1.33. The van der Waals surface area contributed by atoms with E-state index in [1.807, 2.05) is 6.92 Å². The second-order valence-electron chi connectivity index (χ2n) is 2.73. The Morgan fingerprint density at radius 2 is 2.33 bits per heavy atom.